The Hall–Kier alpha value is -3.34. The van der Waals surface area contributed by atoms with Gasteiger partial charge in [0.25, 0.3) is 0 Å². The molecule has 3 heterocycles. The topological polar surface area (TPSA) is 102 Å². The van der Waals surface area contributed by atoms with Crippen molar-refractivity contribution in [2.45, 2.75) is 63.1 Å². The third kappa shape index (κ3) is 7.92. The normalized spacial score (nSPS) is 20.5. The molecule has 2 atom stereocenters. The van der Waals surface area contributed by atoms with E-state index in [0.29, 0.717) is 17.5 Å². The highest BCUT2D eigenvalue weighted by Crippen LogP contribution is 2.41. The number of para-hydroxylation sites is 2. The first kappa shape index (κ1) is 36.0. The van der Waals surface area contributed by atoms with Gasteiger partial charge in [-0.2, -0.15) is 0 Å². The molecule has 0 amide bonds. The van der Waals surface area contributed by atoms with Crippen molar-refractivity contribution in [1.29, 1.82) is 0 Å². The number of aromatic amines is 2. The van der Waals surface area contributed by atoms with Crippen molar-refractivity contribution in [1.82, 2.24) is 28.9 Å². The Balaban J connectivity index is 0.000000214. The van der Waals surface area contributed by atoms with Crippen molar-refractivity contribution in [2.75, 3.05) is 40.3 Å². The molecule has 1 aliphatic carbocycles. The summed E-state index contributed by atoms with van der Waals surface area (Å²) in [6.45, 7) is 4.49. The number of hydrogen-bond acceptors (Lipinski definition) is 5. The molecular formula is C37H48Cl2N6O3. The van der Waals surface area contributed by atoms with Gasteiger partial charge in [0.2, 0.25) is 0 Å². The lowest BCUT2D eigenvalue weighted by Crippen LogP contribution is -2.42. The summed E-state index contributed by atoms with van der Waals surface area (Å²) >= 11 is 6.05. The number of aromatic nitrogens is 4. The number of rotatable bonds is 8. The van der Waals surface area contributed by atoms with Gasteiger partial charge in [-0.3, -0.25) is 9.13 Å². The molecule has 3 N–H and O–H groups in total. The largest absolute Gasteiger partial charge is 0.385 e. The van der Waals surface area contributed by atoms with Crippen LogP contribution in [0.1, 0.15) is 56.6 Å². The van der Waals surface area contributed by atoms with Crippen LogP contribution >= 0.6 is 24.0 Å². The number of aliphatic hydroxyl groups is 1. The highest BCUT2D eigenvalue weighted by atomic mass is 35.5. The minimum absolute atomic E-state index is 0. The molecule has 11 heteroatoms. The molecule has 258 valence electrons. The summed E-state index contributed by atoms with van der Waals surface area (Å²) < 4.78 is 3.70. The number of benzene rings is 3. The van der Waals surface area contributed by atoms with Gasteiger partial charge in [0.05, 0.1) is 27.7 Å². The molecule has 7 rings (SSSR count). The van der Waals surface area contributed by atoms with Gasteiger partial charge in [0.1, 0.15) is 0 Å². The summed E-state index contributed by atoms with van der Waals surface area (Å²) in [7, 11) is 4.17. The Labute approximate surface area is 292 Å². The van der Waals surface area contributed by atoms with Crippen LogP contribution in [0.2, 0.25) is 5.02 Å². The lowest BCUT2D eigenvalue weighted by molar-refractivity contribution is -0.0618. The first-order valence-corrected chi connectivity index (χ1v) is 17.3. The maximum Gasteiger partial charge on any atom is 0.326 e. The molecule has 3 aromatic carbocycles. The molecule has 5 aromatic rings. The van der Waals surface area contributed by atoms with Crippen molar-refractivity contribution in [3.8, 4) is 0 Å². The average molecular weight is 696 g/mol. The summed E-state index contributed by atoms with van der Waals surface area (Å²) in [4.78, 5) is 35.1. The SMILES string of the molecule is CN(C)C[C@H]1CCCC[C@]1(O)c1ccccc1.Cl.O=c1[nH]c2ccccc2n1CCCN1CCC(n2c(=O)[nH]c3cc(Cl)ccc32)CC1. The van der Waals surface area contributed by atoms with Crippen LogP contribution in [0.3, 0.4) is 0 Å². The van der Waals surface area contributed by atoms with Crippen molar-refractivity contribution in [2.24, 2.45) is 5.92 Å². The van der Waals surface area contributed by atoms with E-state index >= 15 is 0 Å². The van der Waals surface area contributed by atoms with Gasteiger partial charge in [0.15, 0.2) is 0 Å². The molecule has 2 aliphatic rings. The van der Waals surface area contributed by atoms with E-state index in [9.17, 15) is 14.7 Å². The molecule has 9 nitrogen and oxygen atoms in total. The molecule has 0 bridgehead atoms. The van der Waals surface area contributed by atoms with Crippen LogP contribution in [0, 0.1) is 5.92 Å². The van der Waals surface area contributed by atoms with Crippen molar-refractivity contribution in [3.05, 3.63) is 104 Å². The van der Waals surface area contributed by atoms with Crippen LogP contribution in [0.15, 0.2) is 82.4 Å². The van der Waals surface area contributed by atoms with Gasteiger partial charge in [-0.05, 0) is 88.6 Å². The zero-order valence-electron chi connectivity index (χ0n) is 27.9. The second kappa shape index (κ2) is 15.9. The Bertz CT molecular complexity index is 1890. The number of imidazole rings is 2. The molecule has 0 spiro atoms. The molecule has 0 unspecified atom stereocenters. The van der Waals surface area contributed by atoms with Crippen LogP contribution in [-0.2, 0) is 12.1 Å². The summed E-state index contributed by atoms with van der Waals surface area (Å²) in [6.07, 6.45) is 7.19. The van der Waals surface area contributed by atoms with Crippen LogP contribution in [-0.4, -0.2) is 74.3 Å². The Morgan fingerprint density at radius 1 is 0.854 bits per heavy atom. The van der Waals surface area contributed by atoms with E-state index < -0.39 is 5.60 Å². The number of piperidine rings is 1. The molecule has 1 aliphatic heterocycles. The summed E-state index contributed by atoms with van der Waals surface area (Å²) in [5.41, 5.74) is 3.91. The predicted molar refractivity (Wildman–Crippen MR) is 198 cm³/mol. The Morgan fingerprint density at radius 2 is 1.56 bits per heavy atom. The smallest absolute Gasteiger partial charge is 0.326 e. The van der Waals surface area contributed by atoms with Crippen molar-refractivity contribution < 1.29 is 5.11 Å². The first-order valence-electron chi connectivity index (χ1n) is 17.0. The monoisotopic (exact) mass is 694 g/mol. The van der Waals surface area contributed by atoms with E-state index in [1.165, 1.54) is 6.42 Å². The van der Waals surface area contributed by atoms with Gasteiger partial charge < -0.3 is 24.9 Å². The van der Waals surface area contributed by atoms with E-state index in [1.807, 2.05) is 63.7 Å². The lowest BCUT2D eigenvalue weighted by Gasteiger charge is -2.41. The van der Waals surface area contributed by atoms with E-state index in [1.54, 1.807) is 6.07 Å². The fraction of sp³-hybridized carbons (Fsp3) is 0.459. The average Bonchev–Trinajstić information content (AvgIpc) is 3.57. The number of likely N-dealkylation sites (tertiary alicyclic amines) is 1. The van der Waals surface area contributed by atoms with Gasteiger partial charge in [-0.1, -0.05) is 66.9 Å². The number of nitrogens with one attached hydrogen (secondary N) is 2. The zero-order chi connectivity index (χ0) is 33.0. The van der Waals surface area contributed by atoms with E-state index in [4.69, 9.17) is 11.6 Å². The minimum Gasteiger partial charge on any atom is -0.385 e. The van der Waals surface area contributed by atoms with Crippen molar-refractivity contribution in [3.63, 3.8) is 0 Å². The van der Waals surface area contributed by atoms with Gasteiger partial charge in [0, 0.05) is 43.2 Å². The maximum atomic E-state index is 12.5. The van der Waals surface area contributed by atoms with Gasteiger partial charge in [-0.25, -0.2) is 9.59 Å². The number of H-pyrrole nitrogens is 2. The molecule has 2 fully saturated rings. The van der Waals surface area contributed by atoms with Crippen molar-refractivity contribution >= 4 is 46.1 Å². The quantitative estimate of drug-likeness (QED) is 0.175. The number of nitrogens with zero attached hydrogens (tertiary/aromatic N) is 4. The Morgan fingerprint density at radius 3 is 2.31 bits per heavy atom. The molecule has 0 radical (unpaired) electrons. The second-order valence-corrected chi connectivity index (χ2v) is 13.9. The van der Waals surface area contributed by atoms with Crippen LogP contribution in [0.5, 0.6) is 0 Å². The number of halogens is 2. The highest BCUT2D eigenvalue weighted by molar-refractivity contribution is 6.31. The zero-order valence-corrected chi connectivity index (χ0v) is 29.5. The standard InChI is InChI=1S/C22H24ClN5O2.C15H23NO.ClH/c23-15-6-7-20-18(14-15)25-22(30)28(20)16-8-12-26(13-9-16)10-3-11-27-19-5-2-1-4-17(19)24-21(27)29;1-16(2)12-14-10-6-7-11-15(14,17)13-8-4-3-5-9-13;/h1-2,4-7,14,16H,3,8-13H2,(H,24,29)(H,25,30);3-5,8-9,14,17H,6-7,10-12H2,1-2H3;1H/t;14-,15+;/m.1./s1. The fourth-order valence-electron chi connectivity index (χ4n) is 7.67. The van der Waals surface area contributed by atoms with Crippen LogP contribution in [0.25, 0.3) is 22.1 Å². The van der Waals surface area contributed by atoms with E-state index in [2.05, 4.69) is 46.0 Å². The Kier molecular flexibility index (Phi) is 11.9. The van der Waals surface area contributed by atoms with Crippen LogP contribution < -0.4 is 11.4 Å². The lowest BCUT2D eigenvalue weighted by atomic mass is 9.71. The van der Waals surface area contributed by atoms with Gasteiger partial charge >= 0.3 is 11.4 Å². The third-order valence-electron chi connectivity index (χ3n) is 10.0. The van der Waals surface area contributed by atoms with Crippen LogP contribution in [0.4, 0.5) is 0 Å². The third-order valence-corrected chi connectivity index (χ3v) is 10.3. The number of hydrogen-bond donors (Lipinski definition) is 3. The molecule has 2 aromatic heterocycles. The number of fused-ring (bicyclic) bond motifs is 2. The molecular weight excluding hydrogens is 647 g/mol. The first-order chi connectivity index (χ1) is 22.7. The highest BCUT2D eigenvalue weighted by Gasteiger charge is 2.40. The maximum absolute atomic E-state index is 12.5. The molecule has 1 saturated heterocycles. The summed E-state index contributed by atoms with van der Waals surface area (Å²) in [5.74, 6) is 0.355. The fourth-order valence-corrected chi connectivity index (χ4v) is 7.84. The molecule has 48 heavy (non-hydrogen) atoms. The summed E-state index contributed by atoms with van der Waals surface area (Å²) in [6, 6.07) is 23.7. The number of aryl methyl sites for hydroxylation is 1. The van der Waals surface area contributed by atoms with Gasteiger partial charge in [-0.15, -0.1) is 12.4 Å². The predicted octanol–water partition coefficient (Wildman–Crippen LogP) is 6.40. The minimum atomic E-state index is -0.621. The van der Waals surface area contributed by atoms with E-state index in [0.717, 1.165) is 92.3 Å². The second-order valence-electron chi connectivity index (χ2n) is 13.5. The summed E-state index contributed by atoms with van der Waals surface area (Å²) in [5, 5.41) is 11.6. The van der Waals surface area contributed by atoms with E-state index in [-0.39, 0.29) is 29.8 Å². The molecule has 1 saturated carbocycles.